The molecular formula is C14H18O4. The van der Waals surface area contributed by atoms with E-state index in [2.05, 4.69) is 0 Å². The van der Waals surface area contributed by atoms with E-state index in [0.717, 1.165) is 6.42 Å². The number of aromatic hydroxyl groups is 1. The number of benzene rings is 1. The SMILES string of the molecule is CCCOc1ccc(C(=O)/C=C\OCC)c(O)c1. The van der Waals surface area contributed by atoms with Gasteiger partial charge in [-0.25, -0.2) is 0 Å². The Morgan fingerprint density at radius 1 is 1.39 bits per heavy atom. The van der Waals surface area contributed by atoms with Gasteiger partial charge in [-0.3, -0.25) is 4.79 Å². The maximum absolute atomic E-state index is 11.7. The van der Waals surface area contributed by atoms with E-state index in [4.69, 9.17) is 9.47 Å². The molecule has 0 bridgehead atoms. The highest BCUT2D eigenvalue weighted by Gasteiger charge is 2.09. The molecule has 4 nitrogen and oxygen atoms in total. The Hall–Kier alpha value is -1.97. The number of phenolic OH excluding ortho intramolecular Hbond substituents is 1. The van der Waals surface area contributed by atoms with Gasteiger partial charge in [0.25, 0.3) is 0 Å². The summed E-state index contributed by atoms with van der Waals surface area (Å²) in [6.45, 7) is 4.90. The van der Waals surface area contributed by atoms with Crippen molar-refractivity contribution >= 4 is 5.78 Å². The predicted molar refractivity (Wildman–Crippen MR) is 69.0 cm³/mol. The molecular weight excluding hydrogens is 232 g/mol. The van der Waals surface area contributed by atoms with Crippen LogP contribution in [0.15, 0.2) is 30.5 Å². The molecule has 0 unspecified atom stereocenters. The van der Waals surface area contributed by atoms with Gasteiger partial charge in [-0.1, -0.05) is 6.92 Å². The van der Waals surface area contributed by atoms with Gasteiger partial charge in [0, 0.05) is 12.1 Å². The number of allylic oxidation sites excluding steroid dienone is 1. The molecule has 98 valence electrons. The first-order valence-corrected chi connectivity index (χ1v) is 5.97. The smallest absolute Gasteiger partial charge is 0.192 e. The van der Waals surface area contributed by atoms with E-state index in [9.17, 15) is 9.90 Å². The van der Waals surface area contributed by atoms with Crippen molar-refractivity contribution in [3.05, 3.63) is 36.1 Å². The first-order chi connectivity index (χ1) is 8.69. The molecule has 0 fully saturated rings. The molecule has 0 heterocycles. The maximum Gasteiger partial charge on any atom is 0.192 e. The van der Waals surface area contributed by atoms with Crippen LogP contribution in [0.5, 0.6) is 11.5 Å². The lowest BCUT2D eigenvalue weighted by atomic mass is 10.1. The fourth-order valence-electron chi connectivity index (χ4n) is 1.33. The molecule has 0 aliphatic carbocycles. The standard InChI is InChI=1S/C14H18O4/c1-3-8-18-11-5-6-12(14(16)10-11)13(15)7-9-17-4-2/h5-7,9-10,16H,3-4,8H2,1-2H3/b9-7-. The van der Waals surface area contributed by atoms with Crippen LogP contribution < -0.4 is 4.74 Å². The number of ether oxygens (including phenoxy) is 2. The van der Waals surface area contributed by atoms with Crippen LogP contribution in [0.25, 0.3) is 0 Å². The van der Waals surface area contributed by atoms with E-state index in [0.29, 0.717) is 19.0 Å². The Balaban J connectivity index is 2.75. The van der Waals surface area contributed by atoms with Crippen LogP contribution in [-0.4, -0.2) is 24.1 Å². The van der Waals surface area contributed by atoms with Gasteiger partial charge < -0.3 is 14.6 Å². The predicted octanol–water partition coefficient (Wildman–Crippen LogP) is 2.91. The fraction of sp³-hybridized carbons (Fsp3) is 0.357. The van der Waals surface area contributed by atoms with E-state index < -0.39 is 0 Å². The van der Waals surface area contributed by atoms with E-state index in [1.54, 1.807) is 12.1 Å². The van der Waals surface area contributed by atoms with Gasteiger partial charge in [-0.15, -0.1) is 0 Å². The molecule has 0 radical (unpaired) electrons. The summed E-state index contributed by atoms with van der Waals surface area (Å²) >= 11 is 0. The Bertz CT molecular complexity index is 424. The summed E-state index contributed by atoms with van der Waals surface area (Å²) in [4.78, 5) is 11.7. The van der Waals surface area contributed by atoms with Crippen LogP contribution in [0.4, 0.5) is 0 Å². The second kappa shape index (κ2) is 7.37. The van der Waals surface area contributed by atoms with Crippen LogP contribution in [0, 0.1) is 0 Å². The summed E-state index contributed by atoms with van der Waals surface area (Å²) in [6.07, 6.45) is 3.49. The topological polar surface area (TPSA) is 55.8 Å². The van der Waals surface area contributed by atoms with Gasteiger partial charge in [-0.05, 0) is 25.5 Å². The average Bonchev–Trinajstić information content (AvgIpc) is 2.36. The van der Waals surface area contributed by atoms with Crippen molar-refractivity contribution < 1.29 is 19.4 Å². The zero-order chi connectivity index (χ0) is 13.4. The van der Waals surface area contributed by atoms with Crippen LogP contribution in [0.1, 0.15) is 30.6 Å². The normalized spacial score (nSPS) is 10.6. The monoisotopic (exact) mass is 250 g/mol. The Kier molecular flexibility index (Phi) is 5.77. The minimum atomic E-state index is -0.303. The molecule has 1 rings (SSSR count). The lowest BCUT2D eigenvalue weighted by Crippen LogP contribution is -1.98. The highest BCUT2D eigenvalue weighted by molar-refractivity contribution is 6.06. The van der Waals surface area contributed by atoms with Crippen LogP contribution in [0.2, 0.25) is 0 Å². The number of carbonyl (C=O) groups is 1. The molecule has 0 atom stereocenters. The first kappa shape index (κ1) is 14.1. The van der Waals surface area contributed by atoms with E-state index in [1.807, 2.05) is 13.8 Å². The van der Waals surface area contributed by atoms with Gasteiger partial charge in [0.1, 0.15) is 11.5 Å². The highest BCUT2D eigenvalue weighted by atomic mass is 16.5. The van der Waals surface area contributed by atoms with Crippen molar-refractivity contribution in [2.45, 2.75) is 20.3 Å². The molecule has 1 aromatic rings. The molecule has 0 amide bonds. The largest absolute Gasteiger partial charge is 0.507 e. The van der Waals surface area contributed by atoms with Gasteiger partial charge in [0.15, 0.2) is 5.78 Å². The van der Waals surface area contributed by atoms with Crippen LogP contribution in [-0.2, 0) is 4.74 Å². The molecule has 0 saturated heterocycles. The third-order valence-corrected chi connectivity index (χ3v) is 2.19. The van der Waals surface area contributed by atoms with Gasteiger partial charge in [0.2, 0.25) is 0 Å². The van der Waals surface area contributed by atoms with E-state index >= 15 is 0 Å². The number of hydrogen-bond acceptors (Lipinski definition) is 4. The lowest BCUT2D eigenvalue weighted by molar-refractivity contribution is 0.104. The molecule has 18 heavy (non-hydrogen) atoms. The quantitative estimate of drug-likeness (QED) is 0.459. The van der Waals surface area contributed by atoms with Crippen LogP contribution in [0.3, 0.4) is 0 Å². The number of ketones is 1. The van der Waals surface area contributed by atoms with Gasteiger partial charge in [-0.2, -0.15) is 0 Å². The van der Waals surface area contributed by atoms with E-state index in [1.165, 1.54) is 18.4 Å². The number of carbonyl (C=O) groups excluding carboxylic acids is 1. The summed E-state index contributed by atoms with van der Waals surface area (Å²) in [7, 11) is 0. The molecule has 0 aliphatic rings. The number of phenols is 1. The van der Waals surface area contributed by atoms with Crippen molar-refractivity contribution in [2.75, 3.05) is 13.2 Å². The van der Waals surface area contributed by atoms with E-state index in [-0.39, 0.29) is 17.1 Å². The zero-order valence-electron chi connectivity index (χ0n) is 10.7. The Labute approximate surface area is 107 Å². The maximum atomic E-state index is 11.7. The van der Waals surface area contributed by atoms with Crippen LogP contribution >= 0.6 is 0 Å². The van der Waals surface area contributed by atoms with Crippen molar-refractivity contribution in [2.24, 2.45) is 0 Å². The summed E-state index contributed by atoms with van der Waals surface area (Å²) in [5, 5.41) is 9.74. The Morgan fingerprint density at radius 2 is 2.17 bits per heavy atom. The lowest BCUT2D eigenvalue weighted by Gasteiger charge is -2.06. The second-order valence-electron chi connectivity index (χ2n) is 3.65. The molecule has 0 spiro atoms. The minimum Gasteiger partial charge on any atom is -0.507 e. The number of rotatable bonds is 7. The molecule has 0 aromatic heterocycles. The second-order valence-corrected chi connectivity index (χ2v) is 3.65. The molecule has 0 aliphatic heterocycles. The molecule has 1 N–H and O–H groups in total. The third-order valence-electron chi connectivity index (χ3n) is 2.19. The van der Waals surface area contributed by atoms with Crippen molar-refractivity contribution in [1.29, 1.82) is 0 Å². The fourth-order valence-corrected chi connectivity index (χ4v) is 1.33. The number of hydrogen-bond donors (Lipinski definition) is 1. The third kappa shape index (κ3) is 4.13. The van der Waals surface area contributed by atoms with Gasteiger partial charge >= 0.3 is 0 Å². The van der Waals surface area contributed by atoms with Crippen molar-refractivity contribution in [1.82, 2.24) is 0 Å². The summed E-state index contributed by atoms with van der Waals surface area (Å²) in [5.41, 5.74) is 0.231. The van der Waals surface area contributed by atoms with Gasteiger partial charge in [0.05, 0.1) is 25.0 Å². The minimum absolute atomic E-state index is 0.0882. The van der Waals surface area contributed by atoms with Crippen molar-refractivity contribution in [3.63, 3.8) is 0 Å². The summed E-state index contributed by atoms with van der Waals surface area (Å²) in [6, 6.07) is 4.65. The average molecular weight is 250 g/mol. The first-order valence-electron chi connectivity index (χ1n) is 5.97. The summed E-state index contributed by atoms with van der Waals surface area (Å²) < 4.78 is 10.3. The highest BCUT2D eigenvalue weighted by Crippen LogP contribution is 2.24. The zero-order valence-corrected chi connectivity index (χ0v) is 10.7. The molecule has 4 heteroatoms. The van der Waals surface area contributed by atoms with Crippen molar-refractivity contribution in [3.8, 4) is 11.5 Å². The molecule has 1 aromatic carbocycles. The molecule has 0 saturated carbocycles. The summed E-state index contributed by atoms with van der Waals surface area (Å²) in [5.74, 6) is 0.164. The Morgan fingerprint density at radius 3 is 2.78 bits per heavy atom.